The van der Waals surface area contributed by atoms with E-state index in [4.69, 9.17) is 4.74 Å². The Balaban J connectivity index is 1.46. The van der Waals surface area contributed by atoms with E-state index in [0.29, 0.717) is 0 Å². The van der Waals surface area contributed by atoms with Gasteiger partial charge in [-0.05, 0) is 38.0 Å². The molecule has 2 amide bonds. The Hall–Kier alpha value is -1.61. The Morgan fingerprint density at radius 2 is 1.86 bits per heavy atom. The molecule has 2 bridgehead atoms. The van der Waals surface area contributed by atoms with Gasteiger partial charge in [-0.25, -0.2) is 0 Å². The molecule has 0 radical (unpaired) electrons. The average Bonchev–Trinajstić information content (AvgIpc) is 3.32. The molecule has 2 aliphatic carbocycles. The van der Waals surface area contributed by atoms with Crippen molar-refractivity contribution in [3.8, 4) is 0 Å². The predicted molar refractivity (Wildman–Crippen MR) is 108 cm³/mol. The number of amides is 2. The van der Waals surface area contributed by atoms with Crippen LogP contribution in [0, 0.1) is 29.6 Å². The van der Waals surface area contributed by atoms with Gasteiger partial charge in [0.05, 0.1) is 23.0 Å². The van der Waals surface area contributed by atoms with Crippen molar-refractivity contribution in [2.24, 2.45) is 29.6 Å². The summed E-state index contributed by atoms with van der Waals surface area (Å²) in [5, 5.41) is 1.12. The molecule has 3 fully saturated rings. The lowest BCUT2D eigenvalue weighted by molar-refractivity contribution is -0.155. The second-order valence-corrected chi connectivity index (χ2v) is 11.6. The number of nitrogens with zero attached hydrogens (tertiary/aromatic N) is 1. The first-order chi connectivity index (χ1) is 13.6. The van der Waals surface area contributed by atoms with Crippen molar-refractivity contribution < 1.29 is 19.1 Å². The fourth-order valence-electron chi connectivity index (χ4n) is 6.30. The van der Waals surface area contributed by atoms with Gasteiger partial charge in [0.15, 0.2) is 0 Å². The Kier molecular flexibility index (Phi) is 4.14. The number of esters is 1. The summed E-state index contributed by atoms with van der Waals surface area (Å²) in [6.07, 6.45) is 0.578. The SMILES string of the molecule is CC(C)OC(=O)CN1C(=O)[C@@H]2[C@H]3C[C@@H]([C@@H]2C1=O)[C@H]1[C@H]3Sc2[nH]c(=O)sc2C1(C)C. The molecule has 0 aromatic carbocycles. The summed E-state index contributed by atoms with van der Waals surface area (Å²) in [6, 6.07) is 0. The number of carbonyl (C=O) groups is 3. The lowest BCUT2D eigenvalue weighted by Crippen LogP contribution is -2.48. The molecule has 0 unspecified atom stereocenters. The van der Waals surface area contributed by atoms with Crippen molar-refractivity contribution >= 4 is 40.9 Å². The van der Waals surface area contributed by atoms with Crippen molar-refractivity contribution in [1.82, 2.24) is 9.88 Å². The zero-order valence-corrected chi connectivity index (χ0v) is 18.4. The van der Waals surface area contributed by atoms with E-state index in [1.807, 2.05) is 0 Å². The lowest BCUT2D eigenvalue weighted by atomic mass is 9.64. The average molecular weight is 437 g/mol. The molecule has 5 rings (SSSR count). The monoisotopic (exact) mass is 436 g/mol. The third-order valence-electron chi connectivity index (χ3n) is 7.14. The van der Waals surface area contributed by atoms with Crippen LogP contribution in [-0.2, 0) is 24.5 Å². The number of imide groups is 1. The minimum atomic E-state index is -0.541. The van der Waals surface area contributed by atoms with Gasteiger partial charge in [0, 0.05) is 15.5 Å². The maximum absolute atomic E-state index is 13.2. The Labute approximate surface area is 176 Å². The number of H-pyrrole nitrogens is 1. The normalized spacial score (nSPS) is 36.4. The number of aromatic amines is 1. The van der Waals surface area contributed by atoms with Crippen LogP contribution in [-0.4, -0.2) is 45.6 Å². The first-order valence-corrected chi connectivity index (χ1v) is 11.8. The van der Waals surface area contributed by atoms with Gasteiger partial charge >= 0.3 is 10.8 Å². The van der Waals surface area contributed by atoms with Crippen molar-refractivity contribution in [3.05, 3.63) is 14.5 Å². The maximum atomic E-state index is 13.2. The molecule has 1 saturated heterocycles. The van der Waals surface area contributed by atoms with Crippen LogP contribution in [0.15, 0.2) is 9.82 Å². The van der Waals surface area contributed by atoms with Crippen LogP contribution in [0.4, 0.5) is 0 Å². The summed E-state index contributed by atoms with van der Waals surface area (Å²) in [6.45, 7) is 7.50. The van der Waals surface area contributed by atoms with Crippen molar-refractivity contribution in [2.45, 2.75) is 55.9 Å². The maximum Gasteiger partial charge on any atom is 0.326 e. The van der Waals surface area contributed by atoms with E-state index in [-0.39, 0.29) is 69.6 Å². The highest BCUT2D eigenvalue weighted by atomic mass is 32.2. The van der Waals surface area contributed by atoms with E-state index in [2.05, 4.69) is 18.8 Å². The molecule has 6 atom stereocenters. The van der Waals surface area contributed by atoms with Gasteiger partial charge in [0.1, 0.15) is 6.54 Å². The molecule has 7 nitrogen and oxygen atoms in total. The number of thioether (sulfide) groups is 1. The zero-order chi connectivity index (χ0) is 20.8. The van der Waals surface area contributed by atoms with Crippen LogP contribution in [0.25, 0.3) is 0 Å². The molecule has 1 aromatic heterocycles. The number of carbonyl (C=O) groups excluding carboxylic acids is 3. The number of rotatable bonds is 3. The molecule has 9 heteroatoms. The van der Waals surface area contributed by atoms with Gasteiger partial charge in [-0.15, -0.1) is 11.8 Å². The van der Waals surface area contributed by atoms with Gasteiger partial charge in [-0.2, -0.15) is 0 Å². The molecule has 29 heavy (non-hydrogen) atoms. The van der Waals surface area contributed by atoms with Gasteiger partial charge in [0.2, 0.25) is 11.8 Å². The minimum absolute atomic E-state index is 0.0508. The van der Waals surface area contributed by atoms with Crippen LogP contribution in [0.3, 0.4) is 0 Å². The van der Waals surface area contributed by atoms with Gasteiger partial charge in [0.25, 0.3) is 0 Å². The van der Waals surface area contributed by atoms with Crippen LogP contribution < -0.4 is 4.87 Å². The van der Waals surface area contributed by atoms with E-state index < -0.39 is 5.97 Å². The number of likely N-dealkylation sites (tertiary alicyclic amines) is 1. The van der Waals surface area contributed by atoms with E-state index in [1.165, 1.54) is 11.3 Å². The molecule has 3 heterocycles. The van der Waals surface area contributed by atoms with Crippen molar-refractivity contribution in [3.63, 3.8) is 0 Å². The molecule has 0 spiro atoms. The van der Waals surface area contributed by atoms with E-state index in [9.17, 15) is 19.2 Å². The number of hydrogen-bond acceptors (Lipinski definition) is 7. The lowest BCUT2D eigenvalue weighted by Gasteiger charge is -2.47. The fourth-order valence-corrected chi connectivity index (χ4v) is 9.45. The molecule has 2 saturated carbocycles. The van der Waals surface area contributed by atoms with Crippen LogP contribution in [0.1, 0.15) is 39.0 Å². The highest BCUT2D eigenvalue weighted by Gasteiger charge is 2.70. The van der Waals surface area contributed by atoms with Gasteiger partial charge in [-0.1, -0.05) is 25.2 Å². The summed E-state index contributed by atoms with van der Waals surface area (Å²) < 4.78 is 5.15. The molecule has 2 aliphatic heterocycles. The van der Waals surface area contributed by atoms with Crippen molar-refractivity contribution in [2.75, 3.05) is 6.54 Å². The summed E-state index contributed by atoms with van der Waals surface area (Å²) >= 11 is 2.93. The molecule has 1 aromatic rings. The summed E-state index contributed by atoms with van der Waals surface area (Å²) in [5.74, 6) is -1.26. The number of hydrogen-bond donors (Lipinski definition) is 1. The molecular formula is C20H24N2O5S2. The summed E-state index contributed by atoms with van der Waals surface area (Å²) in [4.78, 5) is 55.5. The fraction of sp³-hybridized carbons (Fsp3) is 0.700. The number of thiazole rings is 1. The summed E-state index contributed by atoms with van der Waals surface area (Å²) in [5.41, 5.74) is -0.229. The van der Waals surface area contributed by atoms with Gasteiger partial charge in [-0.3, -0.25) is 24.1 Å². The first kappa shape index (κ1) is 19.4. The quantitative estimate of drug-likeness (QED) is 0.575. The topological polar surface area (TPSA) is 96.5 Å². The zero-order valence-electron chi connectivity index (χ0n) is 16.8. The highest BCUT2D eigenvalue weighted by Crippen LogP contribution is 2.68. The van der Waals surface area contributed by atoms with Crippen LogP contribution in [0.5, 0.6) is 0 Å². The number of fused-ring (bicyclic) bond motifs is 9. The number of aromatic nitrogens is 1. The Morgan fingerprint density at radius 3 is 2.52 bits per heavy atom. The number of ether oxygens (including phenoxy) is 1. The van der Waals surface area contributed by atoms with Crippen LogP contribution in [0.2, 0.25) is 0 Å². The highest BCUT2D eigenvalue weighted by molar-refractivity contribution is 8.00. The van der Waals surface area contributed by atoms with E-state index in [1.54, 1.807) is 25.6 Å². The largest absolute Gasteiger partial charge is 0.462 e. The Morgan fingerprint density at radius 1 is 1.21 bits per heavy atom. The van der Waals surface area contributed by atoms with E-state index in [0.717, 1.165) is 21.2 Å². The first-order valence-electron chi connectivity index (χ1n) is 10.1. The smallest absolute Gasteiger partial charge is 0.326 e. The van der Waals surface area contributed by atoms with Crippen LogP contribution >= 0.6 is 23.1 Å². The summed E-state index contributed by atoms with van der Waals surface area (Å²) in [7, 11) is 0. The predicted octanol–water partition coefficient (Wildman–Crippen LogP) is 2.01. The second kappa shape index (κ2) is 6.20. The molecule has 156 valence electrons. The van der Waals surface area contributed by atoms with Gasteiger partial charge < -0.3 is 9.72 Å². The third kappa shape index (κ3) is 2.55. The molecule has 4 aliphatic rings. The van der Waals surface area contributed by atoms with Crippen molar-refractivity contribution in [1.29, 1.82) is 0 Å². The molecular weight excluding hydrogens is 412 g/mol. The molecule has 1 N–H and O–H groups in total. The second-order valence-electron chi connectivity index (χ2n) is 9.42. The number of nitrogens with one attached hydrogen (secondary N) is 1. The third-order valence-corrected chi connectivity index (χ3v) is 9.94. The minimum Gasteiger partial charge on any atom is -0.462 e. The standard InChI is InChI=1S/C20H24N2O5S2/c1-7(2)27-10(23)6-22-17(24)11-8-5-9(12(11)18(22)25)14-13(8)20(3,4)15-16(28-14)21-19(26)29-15/h7-9,11-14H,5-6H2,1-4H3,(H,21,26)/t8-,9+,11-,12+,13-,14-/m0/s1. The van der Waals surface area contributed by atoms with E-state index >= 15 is 0 Å². The Bertz CT molecular complexity index is 980.